The smallest absolute Gasteiger partial charge is 0.253 e. The summed E-state index contributed by atoms with van der Waals surface area (Å²) >= 11 is 0. The van der Waals surface area contributed by atoms with E-state index in [1.54, 1.807) is 18.7 Å². The van der Waals surface area contributed by atoms with Gasteiger partial charge in [-0.1, -0.05) is 18.2 Å². The summed E-state index contributed by atoms with van der Waals surface area (Å²) in [7, 11) is 0. The third-order valence-electron chi connectivity index (χ3n) is 4.64. The largest absolute Gasteiger partial charge is 0.353 e. The fourth-order valence-electron chi connectivity index (χ4n) is 3.26. The van der Waals surface area contributed by atoms with Gasteiger partial charge < -0.3 is 14.4 Å². The lowest BCUT2D eigenvalue weighted by molar-refractivity contribution is 0.0746. The van der Waals surface area contributed by atoms with Crippen LogP contribution in [0.3, 0.4) is 0 Å². The van der Waals surface area contributed by atoms with Crippen molar-refractivity contribution in [1.29, 1.82) is 0 Å². The number of rotatable bonds is 4. The normalized spacial score (nSPS) is 14.5. The van der Waals surface area contributed by atoms with Crippen molar-refractivity contribution in [2.45, 2.75) is 6.54 Å². The summed E-state index contributed by atoms with van der Waals surface area (Å²) in [5, 5.41) is 0. The average molecular weight is 347 g/mol. The Morgan fingerprint density at radius 2 is 1.88 bits per heavy atom. The zero-order valence-electron chi connectivity index (χ0n) is 14.5. The van der Waals surface area contributed by atoms with E-state index in [0.29, 0.717) is 19.6 Å². The molecule has 1 aromatic carbocycles. The van der Waals surface area contributed by atoms with Crippen molar-refractivity contribution in [1.82, 2.24) is 19.4 Å². The van der Waals surface area contributed by atoms with Gasteiger partial charge in [0.25, 0.3) is 5.91 Å². The average Bonchev–Trinajstić information content (AvgIpc) is 3.21. The van der Waals surface area contributed by atoms with Gasteiger partial charge in [-0.2, -0.15) is 0 Å². The first-order valence-electron chi connectivity index (χ1n) is 8.79. The van der Waals surface area contributed by atoms with Crippen LogP contribution in [-0.2, 0) is 6.54 Å². The minimum Gasteiger partial charge on any atom is -0.353 e. The number of piperazine rings is 1. The summed E-state index contributed by atoms with van der Waals surface area (Å²) in [6.07, 6.45) is 7.27. The molecule has 1 aliphatic heterocycles. The number of anilines is 1. The Balaban J connectivity index is 1.40. The summed E-state index contributed by atoms with van der Waals surface area (Å²) in [5.74, 6) is 1.07. The highest BCUT2D eigenvalue weighted by atomic mass is 16.2. The molecule has 0 spiro atoms. The highest BCUT2D eigenvalue weighted by Gasteiger charge is 2.22. The second-order valence-corrected chi connectivity index (χ2v) is 6.40. The van der Waals surface area contributed by atoms with Gasteiger partial charge in [-0.25, -0.2) is 9.97 Å². The molecule has 0 aliphatic carbocycles. The minimum absolute atomic E-state index is 0.0955. The summed E-state index contributed by atoms with van der Waals surface area (Å²) in [6.45, 7) is 3.74. The second kappa shape index (κ2) is 7.39. The lowest BCUT2D eigenvalue weighted by atomic mass is 10.1. The Bertz CT molecular complexity index is 855. The predicted molar refractivity (Wildman–Crippen MR) is 100 cm³/mol. The van der Waals surface area contributed by atoms with Gasteiger partial charge in [0.15, 0.2) is 0 Å². The SMILES string of the molecule is O=C(c1cccc(Cn2ccnc2)c1)N1CCN(c2ccccn2)CC1. The molecule has 0 N–H and O–H groups in total. The van der Waals surface area contributed by atoms with E-state index in [-0.39, 0.29) is 5.91 Å². The molecule has 1 saturated heterocycles. The Hall–Kier alpha value is -3.15. The molecule has 6 heteroatoms. The summed E-state index contributed by atoms with van der Waals surface area (Å²) < 4.78 is 2.00. The molecular weight excluding hydrogens is 326 g/mol. The van der Waals surface area contributed by atoms with Crippen LogP contribution in [0, 0.1) is 0 Å². The molecule has 0 radical (unpaired) electrons. The highest BCUT2D eigenvalue weighted by Crippen LogP contribution is 2.15. The number of carbonyl (C=O) groups excluding carboxylic acids is 1. The van der Waals surface area contributed by atoms with Crippen LogP contribution < -0.4 is 4.90 Å². The third-order valence-corrected chi connectivity index (χ3v) is 4.64. The van der Waals surface area contributed by atoms with Crippen LogP contribution in [0.25, 0.3) is 0 Å². The van der Waals surface area contributed by atoms with Gasteiger partial charge in [0.1, 0.15) is 5.82 Å². The van der Waals surface area contributed by atoms with Gasteiger partial charge in [0.2, 0.25) is 0 Å². The number of pyridine rings is 1. The molecule has 6 nitrogen and oxygen atoms in total. The summed E-state index contributed by atoms with van der Waals surface area (Å²) in [5.41, 5.74) is 1.84. The molecular formula is C20H21N5O. The van der Waals surface area contributed by atoms with Gasteiger partial charge in [-0.05, 0) is 29.8 Å². The second-order valence-electron chi connectivity index (χ2n) is 6.40. The van der Waals surface area contributed by atoms with Crippen LogP contribution in [0.5, 0.6) is 0 Å². The van der Waals surface area contributed by atoms with Crippen molar-refractivity contribution in [3.63, 3.8) is 0 Å². The molecule has 26 heavy (non-hydrogen) atoms. The Kier molecular flexibility index (Phi) is 4.64. The number of aromatic nitrogens is 3. The number of benzene rings is 1. The van der Waals surface area contributed by atoms with E-state index in [4.69, 9.17) is 0 Å². The quantitative estimate of drug-likeness (QED) is 0.727. The van der Waals surface area contributed by atoms with Crippen molar-refractivity contribution < 1.29 is 4.79 Å². The number of nitrogens with zero attached hydrogens (tertiary/aromatic N) is 5. The molecule has 0 atom stereocenters. The summed E-state index contributed by atoms with van der Waals surface area (Å²) in [6, 6.07) is 13.8. The molecule has 1 aliphatic rings. The van der Waals surface area contributed by atoms with Gasteiger partial charge in [0, 0.05) is 56.9 Å². The first kappa shape index (κ1) is 16.3. The molecule has 4 rings (SSSR count). The fourth-order valence-corrected chi connectivity index (χ4v) is 3.26. The van der Waals surface area contributed by atoms with E-state index < -0.39 is 0 Å². The Labute approximate surface area is 152 Å². The maximum absolute atomic E-state index is 12.9. The Morgan fingerprint density at radius 1 is 1.00 bits per heavy atom. The molecule has 3 aromatic rings. The maximum atomic E-state index is 12.9. The van der Waals surface area contributed by atoms with Crippen LogP contribution in [0.15, 0.2) is 67.4 Å². The van der Waals surface area contributed by atoms with Crippen molar-refractivity contribution in [3.05, 3.63) is 78.5 Å². The first-order chi connectivity index (χ1) is 12.8. The number of carbonyl (C=O) groups is 1. The molecule has 3 heterocycles. The molecule has 2 aromatic heterocycles. The van der Waals surface area contributed by atoms with Gasteiger partial charge in [-0.15, -0.1) is 0 Å². The lowest BCUT2D eigenvalue weighted by Gasteiger charge is -2.35. The molecule has 0 bridgehead atoms. The molecule has 0 unspecified atom stereocenters. The van der Waals surface area contributed by atoms with Crippen molar-refractivity contribution in [2.75, 3.05) is 31.1 Å². The first-order valence-corrected chi connectivity index (χ1v) is 8.79. The van der Waals surface area contributed by atoms with E-state index in [2.05, 4.69) is 14.9 Å². The minimum atomic E-state index is 0.0955. The van der Waals surface area contributed by atoms with Crippen molar-refractivity contribution in [2.24, 2.45) is 0 Å². The van der Waals surface area contributed by atoms with Crippen LogP contribution in [0.1, 0.15) is 15.9 Å². The molecule has 0 saturated carbocycles. The van der Waals surface area contributed by atoms with Gasteiger partial charge in [-0.3, -0.25) is 4.79 Å². The standard InChI is InChI=1S/C20H21N5O/c26-20(18-5-3-4-17(14-18)15-23-9-8-21-16-23)25-12-10-24(11-13-25)19-6-1-2-7-22-19/h1-9,14,16H,10-13,15H2. The van der Waals surface area contributed by atoms with Crippen LogP contribution in [0.4, 0.5) is 5.82 Å². The molecule has 1 amide bonds. The fraction of sp³-hybridized carbons (Fsp3) is 0.250. The van der Waals surface area contributed by atoms with Gasteiger partial charge in [0.05, 0.1) is 6.33 Å². The highest BCUT2D eigenvalue weighted by molar-refractivity contribution is 5.94. The number of hydrogen-bond donors (Lipinski definition) is 0. The van der Waals surface area contributed by atoms with E-state index in [0.717, 1.165) is 30.0 Å². The topological polar surface area (TPSA) is 54.3 Å². The zero-order valence-corrected chi connectivity index (χ0v) is 14.5. The van der Waals surface area contributed by atoms with E-state index in [1.807, 2.05) is 58.1 Å². The zero-order chi connectivity index (χ0) is 17.8. The monoisotopic (exact) mass is 347 g/mol. The van der Waals surface area contributed by atoms with Crippen LogP contribution in [-0.4, -0.2) is 51.5 Å². The van der Waals surface area contributed by atoms with Crippen LogP contribution in [0.2, 0.25) is 0 Å². The predicted octanol–water partition coefficient (Wildman–Crippen LogP) is 2.29. The van der Waals surface area contributed by atoms with Gasteiger partial charge >= 0.3 is 0 Å². The lowest BCUT2D eigenvalue weighted by Crippen LogP contribution is -2.49. The van der Waals surface area contributed by atoms with E-state index in [1.165, 1.54) is 0 Å². The van der Waals surface area contributed by atoms with Crippen molar-refractivity contribution in [3.8, 4) is 0 Å². The molecule has 1 fully saturated rings. The van der Waals surface area contributed by atoms with E-state index >= 15 is 0 Å². The summed E-state index contributed by atoms with van der Waals surface area (Å²) in [4.78, 5) is 25.5. The van der Waals surface area contributed by atoms with Crippen LogP contribution >= 0.6 is 0 Å². The van der Waals surface area contributed by atoms with Crippen molar-refractivity contribution >= 4 is 11.7 Å². The molecule has 132 valence electrons. The number of amides is 1. The number of hydrogen-bond acceptors (Lipinski definition) is 4. The third kappa shape index (κ3) is 3.59. The van der Waals surface area contributed by atoms with E-state index in [9.17, 15) is 4.79 Å². The number of imidazole rings is 1. The maximum Gasteiger partial charge on any atom is 0.253 e. The Morgan fingerprint density at radius 3 is 2.62 bits per heavy atom.